The molecule has 1 aromatic rings. The number of hydrogen-bond acceptors (Lipinski definition) is 5. The predicted molar refractivity (Wildman–Crippen MR) is 124 cm³/mol. The van der Waals surface area contributed by atoms with Crippen LogP contribution in [0.3, 0.4) is 0 Å². The number of carbonyl (C=O) groups excluding carboxylic acids is 4. The van der Waals surface area contributed by atoms with Gasteiger partial charge in [0.05, 0.1) is 5.92 Å². The van der Waals surface area contributed by atoms with Crippen molar-refractivity contribution >= 4 is 23.8 Å². The van der Waals surface area contributed by atoms with Crippen molar-refractivity contribution in [2.45, 2.75) is 71.2 Å². The van der Waals surface area contributed by atoms with Crippen molar-refractivity contribution < 1.29 is 23.9 Å². The average Bonchev–Trinajstić information content (AvgIpc) is 2.85. The van der Waals surface area contributed by atoms with Crippen molar-refractivity contribution in [1.29, 1.82) is 0 Å². The Balaban J connectivity index is 2.36. The van der Waals surface area contributed by atoms with Gasteiger partial charge < -0.3 is 25.6 Å². The van der Waals surface area contributed by atoms with Crippen molar-refractivity contribution in [3.63, 3.8) is 0 Å². The molecule has 1 aliphatic heterocycles. The summed E-state index contributed by atoms with van der Waals surface area (Å²) in [6.45, 7) is 9.18. The molecule has 2 rings (SSSR count). The van der Waals surface area contributed by atoms with Gasteiger partial charge in [-0.3, -0.25) is 14.4 Å². The Morgan fingerprint density at radius 2 is 1.85 bits per heavy atom. The second kappa shape index (κ2) is 10.7. The van der Waals surface area contributed by atoms with E-state index in [0.717, 1.165) is 5.56 Å². The Labute approximate surface area is 195 Å². The summed E-state index contributed by atoms with van der Waals surface area (Å²) in [6.07, 6.45) is -0.0848. The summed E-state index contributed by atoms with van der Waals surface area (Å²) >= 11 is 0. The standard InChI is InChI=1S/C24H36N4O5/c1-16-20(30)28(15-18-11-8-7-9-12-18)14-10-13-24(16,27-22(32)33-23(3,4)5)21(31)26-17(2)19(29)25-6/h7-9,11-12,16-17H,10,13-15H2,1-6H3,(H,25,29)(H,26,31)(H,27,32)/t16-,17+,24+/m1/s1. The lowest BCUT2D eigenvalue weighted by Gasteiger charge is -2.38. The van der Waals surface area contributed by atoms with E-state index in [4.69, 9.17) is 4.74 Å². The van der Waals surface area contributed by atoms with Gasteiger partial charge in [0.15, 0.2) is 0 Å². The molecule has 1 aromatic carbocycles. The molecule has 9 nitrogen and oxygen atoms in total. The first-order valence-electron chi connectivity index (χ1n) is 11.3. The van der Waals surface area contributed by atoms with Gasteiger partial charge >= 0.3 is 6.09 Å². The molecule has 0 aliphatic carbocycles. The maximum Gasteiger partial charge on any atom is 0.408 e. The van der Waals surface area contributed by atoms with Crippen LogP contribution in [0.25, 0.3) is 0 Å². The first-order chi connectivity index (χ1) is 15.4. The minimum atomic E-state index is -1.56. The van der Waals surface area contributed by atoms with E-state index >= 15 is 0 Å². The Hall–Kier alpha value is -3.10. The van der Waals surface area contributed by atoms with E-state index in [9.17, 15) is 19.2 Å². The zero-order chi connectivity index (χ0) is 24.8. The topological polar surface area (TPSA) is 117 Å². The minimum Gasteiger partial charge on any atom is -0.444 e. The van der Waals surface area contributed by atoms with Crippen molar-refractivity contribution in [2.24, 2.45) is 5.92 Å². The number of hydrogen-bond donors (Lipinski definition) is 3. The minimum absolute atomic E-state index is 0.219. The van der Waals surface area contributed by atoms with Crippen LogP contribution in [0, 0.1) is 5.92 Å². The Morgan fingerprint density at radius 3 is 2.42 bits per heavy atom. The maximum atomic E-state index is 13.5. The number of carbonyl (C=O) groups is 4. The Morgan fingerprint density at radius 1 is 1.21 bits per heavy atom. The zero-order valence-electron chi connectivity index (χ0n) is 20.4. The highest BCUT2D eigenvalue weighted by atomic mass is 16.6. The van der Waals surface area contributed by atoms with E-state index in [1.165, 1.54) is 7.05 Å². The van der Waals surface area contributed by atoms with Crippen molar-refractivity contribution in [3.05, 3.63) is 35.9 Å². The van der Waals surface area contributed by atoms with Crippen molar-refractivity contribution in [3.8, 4) is 0 Å². The second-order valence-corrected chi connectivity index (χ2v) is 9.48. The maximum absolute atomic E-state index is 13.5. The van der Waals surface area contributed by atoms with E-state index in [-0.39, 0.29) is 18.2 Å². The molecule has 3 N–H and O–H groups in total. The molecule has 1 aliphatic rings. The molecule has 1 heterocycles. The van der Waals surface area contributed by atoms with Crippen LogP contribution in [0.4, 0.5) is 4.79 Å². The molecule has 0 bridgehead atoms. The van der Waals surface area contributed by atoms with Crippen LogP contribution in [0.2, 0.25) is 0 Å². The summed E-state index contributed by atoms with van der Waals surface area (Å²) in [5.41, 5.74) is -1.37. The number of benzene rings is 1. The summed E-state index contributed by atoms with van der Waals surface area (Å²) in [4.78, 5) is 53.4. The molecule has 33 heavy (non-hydrogen) atoms. The highest BCUT2D eigenvalue weighted by molar-refractivity contribution is 5.98. The summed E-state index contributed by atoms with van der Waals surface area (Å²) in [5.74, 6) is -2.11. The SMILES string of the molecule is CNC(=O)[C@H](C)NC(=O)[C@]1(NC(=O)OC(C)(C)C)CCCN(Cc2ccccc2)C(=O)[C@H]1C. The lowest BCUT2D eigenvalue weighted by atomic mass is 9.80. The molecular weight excluding hydrogens is 424 g/mol. The number of likely N-dealkylation sites (N-methyl/N-ethyl adjacent to an activating group) is 1. The largest absolute Gasteiger partial charge is 0.444 e. The molecular formula is C24H36N4O5. The molecule has 4 amide bonds. The van der Waals surface area contributed by atoms with E-state index in [2.05, 4.69) is 16.0 Å². The number of ether oxygens (including phenoxy) is 1. The molecule has 1 fully saturated rings. The number of alkyl carbamates (subject to hydrolysis) is 1. The summed E-state index contributed by atoms with van der Waals surface area (Å²) in [5, 5.41) is 7.85. The third kappa shape index (κ3) is 6.69. The van der Waals surface area contributed by atoms with Crippen molar-refractivity contribution in [1.82, 2.24) is 20.9 Å². The fourth-order valence-electron chi connectivity index (χ4n) is 3.95. The molecule has 9 heteroatoms. The van der Waals surface area contributed by atoms with Gasteiger partial charge in [0.25, 0.3) is 0 Å². The van der Waals surface area contributed by atoms with Crippen LogP contribution in [0.15, 0.2) is 30.3 Å². The lowest BCUT2D eigenvalue weighted by molar-refractivity contribution is -0.143. The predicted octanol–water partition coefficient (Wildman–Crippen LogP) is 1.96. The Bertz CT molecular complexity index is 867. The molecule has 0 saturated carbocycles. The molecule has 0 radical (unpaired) electrons. The molecule has 0 unspecified atom stereocenters. The summed E-state index contributed by atoms with van der Waals surface area (Å²) in [6, 6.07) is 8.75. The lowest BCUT2D eigenvalue weighted by Crippen LogP contribution is -2.66. The second-order valence-electron chi connectivity index (χ2n) is 9.48. The number of nitrogens with zero attached hydrogens (tertiary/aromatic N) is 1. The van der Waals surface area contributed by atoms with E-state index in [1.54, 1.807) is 39.5 Å². The van der Waals surface area contributed by atoms with Crippen LogP contribution in [-0.2, 0) is 25.7 Å². The van der Waals surface area contributed by atoms with Gasteiger partial charge in [0.1, 0.15) is 17.2 Å². The van der Waals surface area contributed by atoms with Crippen molar-refractivity contribution in [2.75, 3.05) is 13.6 Å². The van der Waals surface area contributed by atoms with Crippen LogP contribution >= 0.6 is 0 Å². The van der Waals surface area contributed by atoms with Crippen LogP contribution in [0.5, 0.6) is 0 Å². The molecule has 3 atom stereocenters. The first-order valence-corrected chi connectivity index (χ1v) is 11.3. The van der Waals surface area contributed by atoms with Gasteiger partial charge in [0, 0.05) is 20.1 Å². The fourth-order valence-corrected chi connectivity index (χ4v) is 3.95. The number of likely N-dealkylation sites (tertiary alicyclic amines) is 1. The zero-order valence-corrected chi connectivity index (χ0v) is 20.4. The monoisotopic (exact) mass is 460 g/mol. The van der Waals surface area contributed by atoms with E-state index < -0.39 is 35.1 Å². The van der Waals surface area contributed by atoms with Crippen LogP contribution < -0.4 is 16.0 Å². The van der Waals surface area contributed by atoms with E-state index in [0.29, 0.717) is 19.5 Å². The number of amides is 4. The van der Waals surface area contributed by atoms with Gasteiger partial charge in [0.2, 0.25) is 17.7 Å². The smallest absolute Gasteiger partial charge is 0.408 e. The highest BCUT2D eigenvalue weighted by Gasteiger charge is 2.51. The van der Waals surface area contributed by atoms with Gasteiger partial charge in [-0.2, -0.15) is 0 Å². The Kier molecular flexibility index (Phi) is 8.46. The highest BCUT2D eigenvalue weighted by Crippen LogP contribution is 2.31. The van der Waals surface area contributed by atoms with Gasteiger partial charge in [-0.1, -0.05) is 37.3 Å². The summed E-state index contributed by atoms with van der Waals surface area (Å²) < 4.78 is 5.40. The third-order valence-electron chi connectivity index (χ3n) is 5.75. The molecule has 0 aromatic heterocycles. The molecule has 182 valence electrons. The van der Waals surface area contributed by atoms with Gasteiger partial charge in [-0.25, -0.2) is 4.79 Å². The fraction of sp³-hybridized carbons (Fsp3) is 0.583. The summed E-state index contributed by atoms with van der Waals surface area (Å²) in [7, 11) is 1.47. The first kappa shape index (κ1) is 26.2. The van der Waals surface area contributed by atoms with Gasteiger partial charge in [-0.05, 0) is 46.1 Å². The number of rotatable bonds is 6. The average molecular weight is 461 g/mol. The van der Waals surface area contributed by atoms with E-state index in [1.807, 2.05) is 30.3 Å². The third-order valence-corrected chi connectivity index (χ3v) is 5.75. The molecule has 1 saturated heterocycles. The van der Waals surface area contributed by atoms with Gasteiger partial charge in [-0.15, -0.1) is 0 Å². The van der Waals surface area contributed by atoms with Crippen LogP contribution in [0.1, 0.15) is 53.0 Å². The van der Waals surface area contributed by atoms with Crippen LogP contribution in [-0.4, -0.2) is 59.5 Å². The normalized spacial score (nSPS) is 22.1. The quantitative estimate of drug-likeness (QED) is 0.600. The number of nitrogens with one attached hydrogen (secondary N) is 3. The molecule has 0 spiro atoms.